The third-order valence-electron chi connectivity index (χ3n) is 2.57. The molecule has 0 amide bonds. The third-order valence-corrected chi connectivity index (χ3v) is 2.57. The smallest absolute Gasteiger partial charge is 0.306 e. The van der Waals surface area contributed by atoms with E-state index in [1.165, 1.54) is 0 Å². The zero-order valence-electron chi connectivity index (χ0n) is 9.52. The predicted molar refractivity (Wildman–Crippen MR) is 54.5 cm³/mol. The third kappa shape index (κ3) is 4.30. The first kappa shape index (κ1) is 12.5. The van der Waals surface area contributed by atoms with Crippen LogP contribution < -0.4 is 0 Å². The van der Waals surface area contributed by atoms with Gasteiger partial charge < -0.3 is 4.74 Å². The van der Waals surface area contributed by atoms with Crippen LogP contribution in [0.5, 0.6) is 0 Å². The summed E-state index contributed by atoms with van der Waals surface area (Å²) in [5.74, 6) is 0.320. The molecule has 0 fully saturated rings. The van der Waals surface area contributed by atoms with Crippen molar-refractivity contribution in [3.05, 3.63) is 0 Å². The van der Waals surface area contributed by atoms with Gasteiger partial charge in [0.05, 0.1) is 0 Å². The SMILES string of the molecule is CCC[C@H](C)C(C)(C)OC(=O)CC. The van der Waals surface area contributed by atoms with Crippen LogP contribution in [0.4, 0.5) is 0 Å². The largest absolute Gasteiger partial charge is 0.459 e. The van der Waals surface area contributed by atoms with Crippen molar-refractivity contribution in [3.8, 4) is 0 Å². The lowest BCUT2D eigenvalue weighted by Gasteiger charge is -2.31. The molecule has 0 bridgehead atoms. The van der Waals surface area contributed by atoms with Crippen LogP contribution in [0.25, 0.3) is 0 Å². The van der Waals surface area contributed by atoms with E-state index in [1.54, 1.807) is 0 Å². The van der Waals surface area contributed by atoms with Gasteiger partial charge in [0.25, 0.3) is 0 Å². The molecule has 0 heterocycles. The van der Waals surface area contributed by atoms with Crippen molar-refractivity contribution in [2.24, 2.45) is 5.92 Å². The van der Waals surface area contributed by atoms with E-state index in [0.29, 0.717) is 12.3 Å². The van der Waals surface area contributed by atoms with Gasteiger partial charge in [-0.2, -0.15) is 0 Å². The Hall–Kier alpha value is -0.530. The minimum absolute atomic E-state index is 0.104. The molecule has 0 saturated carbocycles. The van der Waals surface area contributed by atoms with Crippen LogP contribution in [0.2, 0.25) is 0 Å². The van der Waals surface area contributed by atoms with Crippen molar-refractivity contribution in [2.45, 2.75) is 59.5 Å². The molecule has 13 heavy (non-hydrogen) atoms. The second kappa shape index (κ2) is 5.25. The highest BCUT2D eigenvalue weighted by Crippen LogP contribution is 2.25. The Morgan fingerprint density at radius 3 is 2.31 bits per heavy atom. The van der Waals surface area contributed by atoms with Gasteiger partial charge in [-0.3, -0.25) is 4.79 Å². The number of hydrogen-bond acceptors (Lipinski definition) is 2. The molecule has 78 valence electrons. The van der Waals surface area contributed by atoms with Gasteiger partial charge in [0.2, 0.25) is 0 Å². The molecule has 0 radical (unpaired) electrons. The molecule has 0 spiro atoms. The molecule has 2 nitrogen and oxygen atoms in total. The highest BCUT2D eigenvalue weighted by Gasteiger charge is 2.28. The maximum absolute atomic E-state index is 11.1. The van der Waals surface area contributed by atoms with Crippen LogP contribution in [-0.2, 0) is 9.53 Å². The maximum Gasteiger partial charge on any atom is 0.306 e. The highest BCUT2D eigenvalue weighted by molar-refractivity contribution is 5.69. The molecule has 0 unspecified atom stereocenters. The Morgan fingerprint density at radius 2 is 1.92 bits per heavy atom. The predicted octanol–water partition coefficient (Wildman–Crippen LogP) is 3.15. The number of esters is 1. The Morgan fingerprint density at radius 1 is 1.38 bits per heavy atom. The summed E-state index contributed by atoms with van der Waals surface area (Å²) < 4.78 is 5.36. The van der Waals surface area contributed by atoms with Crippen LogP contribution >= 0.6 is 0 Å². The monoisotopic (exact) mass is 186 g/mol. The first-order valence-electron chi connectivity index (χ1n) is 5.15. The molecule has 0 aromatic heterocycles. The van der Waals surface area contributed by atoms with E-state index in [0.717, 1.165) is 12.8 Å². The van der Waals surface area contributed by atoms with Gasteiger partial charge in [-0.15, -0.1) is 0 Å². The quantitative estimate of drug-likeness (QED) is 0.616. The van der Waals surface area contributed by atoms with Gasteiger partial charge in [0, 0.05) is 6.42 Å². The van der Waals surface area contributed by atoms with E-state index in [9.17, 15) is 4.79 Å². The van der Waals surface area contributed by atoms with Crippen molar-refractivity contribution in [1.82, 2.24) is 0 Å². The Labute approximate surface area is 81.7 Å². The van der Waals surface area contributed by atoms with Gasteiger partial charge in [0.1, 0.15) is 5.60 Å². The van der Waals surface area contributed by atoms with E-state index in [1.807, 2.05) is 20.8 Å². The molecule has 0 aromatic rings. The summed E-state index contributed by atoms with van der Waals surface area (Å²) in [7, 11) is 0. The normalized spacial score (nSPS) is 13.9. The van der Waals surface area contributed by atoms with Gasteiger partial charge in [-0.1, -0.05) is 27.2 Å². The van der Waals surface area contributed by atoms with Crippen molar-refractivity contribution >= 4 is 5.97 Å². The topological polar surface area (TPSA) is 26.3 Å². The number of ether oxygens (including phenoxy) is 1. The second-order valence-electron chi connectivity index (χ2n) is 4.12. The fourth-order valence-electron chi connectivity index (χ4n) is 1.25. The minimum atomic E-state index is -0.316. The highest BCUT2D eigenvalue weighted by atomic mass is 16.6. The Bertz CT molecular complexity index is 161. The van der Waals surface area contributed by atoms with E-state index < -0.39 is 0 Å². The first-order valence-corrected chi connectivity index (χ1v) is 5.15. The lowest BCUT2D eigenvalue weighted by Crippen LogP contribution is -2.35. The Balaban J connectivity index is 4.12. The zero-order valence-corrected chi connectivity index (χ0v) is 9.52. The zero-order chi connectivity index (χ0) is 10.5. The molecule has 0 aliphatic heterocycles. The molecule has 0 aliphatic carbocycles. The molecule has 0 aliphatic rings. The van der Waals surface area contributed by atoms with Crippen molar-refractivity contribution in [2.75, 3.05) is 0 Å². The molecule has 0 N–H and O–H groups in total. The van der Waals surface area contributed by atoms with Crippen molar-refractivity contribution in [1.29, 1.82) is 0 Å². The first-order chi connectivity index (χ1) is 5.94. The molecule has 2 heteroatoms. The molecular weight excluding hydrogens is 164 g/mol. The fourth-order valence-corrected chi connectivity index (χ4v) is 1.25. The molecule has 0 aromatic carbocycles. The molecule has 0 rings (SSSR count). The van der Waals surface area contributed by atoms with E-state index in [-0.39, 0.29) is 11.6 Å². The van der Waals surface area contributed by atoms with Crippen LogP contribution in [0, 0.1) is 5.92 Å². The molecule has 1 atom stereocenters. The fraction of sp³-hybridized carbons (Fsp3) is 0.909. The number of carbonyl (C=O) groups is 1. The van der Waals surface area contributed by atoms with Crippen molar-refractivity contribution < 1.29 is 9.53 Å². The average molecular weight is 186 g/mol. The summed E-state index contributed by atoms with van der Waals surface area (Å²) >= 11 is 0. The number of rotatable bonds is 5. The van der Waals surface area contributed by atoms with Gasteiger partial charge in [-0.25, -0.2) is 0 Å². The lowest BCUT2D eigenvalue weighted by atomic mass is 9.89. The number of hydrogen-bond donors (Lipinski definition) is 0. The van der Waals surface area contributed by atoms with Crippen LogP contribution in [0.3, 0.4) is 0 Å². The van der Waals surface area contributed by atoms with Gasteiger partial charge in [0.15, 0.2) is 0 Å². The van der Waals surface area contributed by atoms with Gasteiger partial charge in [-0.05, 0) is 26.2 Å². The standard InChI is InChI=1S/C11H22O2/c1-6-8-9(3)11(4,5)13-10(12)7-2/h9H,6-8H2,1-5H3/t9-/m0/s1. The summed E-state index contributed by atoms with van der Waals surface area (Å²) in [5, 5.41) is 0. The van der Waals surface area contributed by atoms with E-state index in [4.69, 9.17) is 4.74 Å². The summed E-state index contributed by atoms with van der Waals surface area (Å²) in [6, 6.07) is 0. The van der Waals surface area contributed by atoms with Crippen LogP contribution in [0.1, 0.15) is 53.9 Å². The van der Waals surface area contributed by atoms with Crippen molar-refractivity contribution in [3.63, 3.8) is 0 Å². The summed E-state index contributed by atoms with van der Waals surface area (Å²) in [4.78, 5) is 11.1. The minimum Gasteiger partial charge on any atom is -0.459 e. The maximum atomic E-state index is 11.1. The summed E-state index contributed by atoms with van der Waals surface area (Å²) in [5.41, 5.74) is -0.316. The Kier molecular flexibility index (Phi) is 5.04. The van der Waals surface area contributed by atoms with Crippen LogP contribution in [0.15, 0.2) is 0 Å². The number of carbonyl (C=O) groups excluding carboxylic acids is 1. The van der Waals surface area contributed by atoms with E-state index >= 15 is 0 Å². The van der Waals surface area contributed by atoms with E-state index in [2.05, 4.69) is 13.8 Å². The van der Waals surface area contributed by atoms with Gasteiger partial charge >= 0.3 is 5.97 Å². The lowest BCUT2D eigenvalue weighted by molar-refractivity contribution is -0.161. The average Bonchev–Trinajstić information content (AvgIpc) is 2.04. The molecular formula is C11H22O2. The summed E-state index contributed by atoms with van der Waals surface area (Å²) in [6.45, 7) is 10.1. The van der Waals surface area contributed by atoms with Crippen LogP contribution in [-0.4, -0.2) is 11.6 Å². The molecule has 0 saturated heterocycles. The second-order valence-corrected chi connectivity index (χ2v) is 4.12. The summed E-state index contributed by atoms with van der Waals surface area (Å²) in [6.07, 6.45) is 2.69.